The fourth-order valence-electron chi connectivity index (χ4n) is 11.0. The van der Waals surface area contributed by atoms with E-state index in [2.05, 4.69) is 24.1 Å². The molecule has 20 heteroatoms. The Labute approximate surface area is 561 Å². The van der Waals surface area contributed by atoms with Crippen LogP contribution in [0.5, 0.6) is 11.5 Å². The number of carbonyl (C=O) groups is 4. The molecule has 19 nitrogen and oxygen atoms in total. The second-order valence-corrected chi connectivity index (χ2v) is 26.2. The minimum atomic E-state index is -4.63. The Balaban J connectivity index is 0.845. The van der Waals surface area contributed by atoms with Crippen molar-refractivity contribution >= 4 is 42.5 Å². The molecule has 0 aliphatic carbocycles. The zero-order valence-electron chi connectivity index (χ0n) is 57.0. The van der Waals surface area contributed by atoms with Crippen molar-refractivity contribution < 1.29 is 75.6 Å². The largest absolute Gasteiger partial charge is 0.472 e. The van der Waals surface area contributed by atoms with Crippen molar-refractivity contribution in [3.8, 4) is 33.9 Å². The van der Waals surface area contributed by atoms with Gasteiger partial charge in [-0.3, -0.25) is 33.2 Å². The van der Waals surface area contributed by atoms with E-state index < -0.39 is 38.8 Å². The average Bonchev–Trinajstić information content (AvgIpc) is 1.45. The summed E-state index contributed by atoms with van der Waals surface area (Å²) in [6, 6.07) is 21.8. The summed E-state index contributed by atoms with van der Waals surface area (Å²) >= 11 is 0. The molecule has 3 atom stereocenters. The summed E-state index contributed by atoms with van der Waals surface area (Å²) in [5.41, 5.74) is 5.50. The number of hydrogen-bond donors (Lipinski definition) is 2. The van der Waals surface area contributed by atoms with Crippen molar-refractivity contribution in [3.05, 3.63) is 72.9 Å². The van der Waals surface area contributed by atoms with Gasteiger partial charge in [0.25, 0.3) is 6.29 Å². The predicted octanol–water partition coefficient (Wildman–Crippen LogP) is 16.7. The van der Waals surface area contributed by atoms with Crippen LogP contribution in [0.3, 0.4) is 0 Å². The van der Waals surface area contributed by atoms with E-state index in [1.165, 1.54) is 141 Å². The third kappa shape index (κ3) is 37.2. The molecule has 0 bridgehead atoms. The molecule has 2 N–H and O–H groups in total. The van der Waals surface area contributed by atoms with Gasteiger partial charge < -0.3 is 48.1 Å². The highest BCUT2D eigenvalue weighted by atomic mass is 31.2. The average molecular weight is 1330 g/mol. The number of esters is 2. The van der Waals surface area contributed by atoms with Crippen LogP contribution >= 0.6 is 7.82 Å². The summed E-state index contributed by atoms with van der Waals surface area (Å²) in [5, 5.41) is 2.72. The van der Waals surface area contributed by atoms with E-state index in [1.54, 1.807) is 6.20 Å². The molecule has 0 saturated heterocycles. The molecule has 1 aromatic heterocycles. The van der Waals surface area contributed by atoms with Crippen molar-refractivity contribution in [3.63, 3.8) is 0 Å². The number of benzene rings is 3. The number of nitrogens with zero attached hydrogens (tertiary/aromatic N) is 2. The molecule has 0 fully saturated rings. The number of unbranched alkanes of at least 4 members (excludes halogenated alkanes) is 28. The van der Waals surface area contributed by atoms with Gasteiger partial charge in [-0.2, -0.15) is 0 Å². The number of carbonyl (C=O) groups excluding carboxylic acids is 4. The van der Waals surface area contributed by atoms with Gasteiger partial charge in [0.2, 0.25) is 5.91 Å². The zero-order chi connectivity index (χ0) is 66.8. The van der Waals surface area contributed by atoms with Crippen LogP contribution in [0.4, 0.5) is 0 Å². The van der Waals surface area contributed by atoms with Gasteiger partial charge in [0.1, 0.15) is 26.4 Å². The first-order chi connectivity index (χ1) is 46.0. The molecule has 0 spiro atoms. The molecule has 1 amide bonds. The van der Waals surface area contributed by atoms with Crippen LogP contribution in [0.15, 0.2) is 72.9 Å². The smallest absolute Gasteiger partial charge is 0.462 e. The SMILES string of the molecule is CCCCCCCCCCCCCCCCCC(=O)OCC(COP(=O)(O)OCCCC(=O)COCCOCC(=O)NCCOCCOCC1Oc2ccc(-c3ccc(-c4cnc5ccccc5n4)cc3)cc2O1)OC(=O)CCCCCCCCCCCCCCCCC. The fraction of sp³-hybridized carbons (Fsp3) is 0.676. The number of para-hydroxylation sites is 2. The van der Waals surface area contributed by atoms with Crippen LogP contribution < -0.4 is 14.8 Å². The molecule has 4 aromatic rings. The lowest BCUT2D eigenvalue weighted by atomic mass is 10.0. The standard InChI is InChI=1S/C74H114N3O16P/c1-3-5-7-9-11-13-15-17-19-21-23-25-27-29-31-39-72(80)88-57-65(91-73(81)40-32-30-28-26-24-22-20-18-16-14-12-10-8-6-4-2)58-90-94(82,83)89-48-35-36-64(78)56-85-52-53-86-59-71(79)75-47-49-84-50-51-87-60-74-92-69-46-45-63(54-70(69)93-74)61-41-43-62(44-42-61)68-55-76-66-37-33-34-38-67(66)77-68/h33-34,37-38,41-46,54-55,65,74H,3-32,35-36,39-40,47-53,56-60H2,1-2H3,(H,75,79)(H,82,83). The minimum absolute atomic E-state index is 0.00807. The first-order valence-electron chi connectivity index (χ1n) is 35.9. The number of aromatic nitrogens is 2. The maximum atomic E-state index is 12.9. The van der Waals surface area contributed by atoms with Gasteiger partial charge in [0, 0.05) is 31.4 Å². The molecule has 5 rings (SSSR count). The molecule has 94 heavy (non-hydrogen) atoms. The van der Waals surface area contributed by atoms with Crippen LogP contribution in [-0.2, 0) is 61.2 Å². The maximum absolute atomic E-state index is 12.9. The first kappa shape index (κ1) is 79.3. The number of fused-ring (bicyclic) bond motifs is 2. The lowest BCUT2D eigenvalue weighted by Gasteiger charge is -2.20. The number of nitrogens with one attached hydrogen (secondary N) is 1. The summed E-state index contributed by atoms with van der Waals surface area (Å²) in [6.45, 7) is 4.47. The first-order valence-corrected chi connectivity index (χ1v) is 37.4. The van der Waals surface area contributed by atoms with Gasteiger partial charge in [-0.05, 0) is 54.7 Å². The van der Waals surface area contributed by atoms with Crippen LogP contribution in [0.1, 0.15) is 232 Å². The van der Waals surface area contributed by atoms with Crippen molar-refractivity contribution in [2.75, 3.05) is 79.2 Å². The summed E-state index contributed by atoms with van der Waals surface area (Å²) in [6.07, 6.45) is 37.0. The summed E-state index contributed by atoms with van der Waals surface area (Å²) < 4.78 is 68.3. The molecule has 1 aliphatic rings. The fourth-order valence-corrected chi connectivity index (χ4v) is 11.8. The Morgan fingerprint density at radius 1 is 0.511 bits per heavy atom. The number of hydrogen-bond acceptors (Lipinski definition) is 17. The summed E-state index contributed by atoms with van der Waals surface area (Å²) in [5.74, 6) is -0.244. The van der Waals surface area contributed by atoms with E-state index in [9.17, 15) is 28.6 Å². The van der Waals surface area contributed by atoms with Crippen LogP contribution in [0.25, 0.3) is 33.4 Å². The third-order valence-electron chi connectivity index (χ3n) is 16.5. The van der Waals surface area contributed by atoms with Gasteiger partial charge in [-0.25, -0.2) is 9.55 Å². The Morgan fingerprint density at radius 2 is 1.02 bits per heavy atom. The van der Waals surface area contributed by atoms with Crippen molar-refractivity contribution in [2.45, 2.75) is 245 Å². The second-order valence-electron chi connectivity index (χ2n) is 24.7. The number of amides is 1. The summed E-state index contributed by atoms with van der Waals surface area (Å²) in [4.78, 5) is 70.1. The highest BCUT2D eigenvalue weighted by molar-refractivity contribution is 7.47. The molecular formula is C74H114N3O16P. The molecule has 0 radical (unpaired) electrons. The number of Topliss-reactive ketones (excluding diaryl/α,β-unsaturated/α-hetero) is 1. The zero-order valence-corrected chi connectivity index (χ0v) is 57.9. The van der Waals surface area contributed by atoms with E-state index in [4.69, 9.17) is 51.9 Å². The Hall–Kier alpha value is -5.37. The van der Waals surface area contributed by atoms with Gasteiger partial charge in [0.15, 0.2) is 23.4 Å². The number of ketones is 1. The van der Waals surface area contributed by atoms with E-state index in [0.29, 0.717) is 37.6 Å². The van der Waals surface area contributed by atoms with E-state index in [1.807, 2.05) is 66.7 Å². The van der Waals surface area contributed by atoms with Crippen LogP contribution in [-0.4, -0.2) is 130 Å². The number of ether oxygens (including phenoxy) is 8. The normalized spacial score (nSPS) is 13.7. The molecule has 3 unspecified atom stereocenters. The van der Waals surface area contributed by atoms with Gasteiger partial charge in [-0.15, -0.1) is 0 Å². The van der Waals surface area contributed by atoms with Crippen LogP contribution in [0, 0.1) is 0 Å². The van der Waals surface area contributed by atoms with Crippen molar-refractivity contribution in [2.24, 2.45) is 0 Å². The number of phosphoric acid groups is 1. The van der Waals surface area contributed by atoms with Gasteiger partial charge in [0.05, 0.1) is 69.2 Å². The van der Waals surface area contributed by atoms with E-state index >= 15 is 0 Å². The highest BCUT2D eigenvalue weighted by Gasteiger charge is 2.27. The lowest BCUT2D eigenvalue weighted by Crippen LogP contribution is -2.31. The molecule has 1 aliphatic heterocycles. The lowest BCUT2D eigenvalue weighted by molar-refractivity contribution is -0.161. The highest BCUT2D eigenvalue weighted by Crippen LogP contribution is 2.44. The third-order valence-corrected chi connectivity index (χ3v) is 17.4. The van der Waals surface area contributed by atoms with Crippen molar-refractivity contribution in [1.29, 1.82) is 0 Å². The number of rotatable bonds is 60. The summed E-state index contributed by atoms with van der Waals surface area (Å²) in [7, 11) is -4.63. The minimum Gasteiger partial charge on any atom is -0.462 e. The quantitative estimate of drug-likeness (QED) is 0.0237. The van der Waals surface area contributed by atoms with Crippen LogP contribution in [0.2, 0.25) is 0 Å². The molecule has 526 valence electrons. The Morgan fingerprint density at radius 3 is 1.63 bits per heavy atom. The molecule has 2 heterocycles. The van der Waals surface area contributed by atoms with Gasteiger partial charge in [-0.1, -0.05) is 236 Å². The number of phosphoric ester groups is 1. The second kappa shape index (κ2) is 50.9. The Kier molecular flexibility index (Phi) is 43.0. The van der Waals surface area contributed by atoms with E-state index in [-0.39, 0.29) is 96.8 Å². The van der Waals surface area contributed by atoms with Crippen molar-refractivity contribution in [1.82, 2.24) is 15.3 Å². The predicted molar refractivity (Wildman–Crippen MR) is 368 cm³/mol. The Bertz CT molecular complexity index is 2720. The maximum Gasteiger partial charge on any atom is 0.472 e. The molecule has 0 saturated carbocycles. The monoisotopic (exact) mass is 1330 g/mol. The van der Waals surface area contributed by atoms with E-state index in [0.717, 1.165) is 71.9 Å². The molecular weight excluding hydrogens is 1220 g/mol. The topological polar surface area (TPSA) is 236 Å². The molecule has 3 aromatic carbocycles. The van der Waals surface area contributed by atoms with Gasteiger partial charge >= 0.3 is 19.8 Å².